The highest BCUT2D eigenvalue weighted by molar-refractivity contribution is 5.46. The molecule has 84 valence electrons. The number of hydrogen-bond donors (Lipinski definition) is 1. The van der Waals surface area contributed by atoms with Gasteiger partial charge in [0.05, 0.1) is 6.20 Å². The lowest BCUT2D eigenvalue weighted by Crippen LogP contribution is -2.31. The van der Waals surface area contributed by atoms with Gasteiger partial charge in [0.25, 0.3) is 0 Å². The van der Waals surface area contributed by atoms with Crippen molar-refractivity contribution in [3.63, 3.8) is 0 Å². The lowest BCUT2D eigenvalue weighted by molar-refractivity contribution is 0.531. The largest absolute Gasteiger partial charge is 0.365 e. The maximum absolute atomic E-state index is 4.53. The molecule has 0 aromatic carbocycles. The van der Waals surface area contributed by atoms with Gasteiger partial charge in [0, 0.05) is 17.8 Å². The molecule has 4 heteroatoms. The molecule has 0 atom stereocenters. The van der Waals surface area contributed by atoms with E-state index in [-0.39, 0.29) is 5.54 Å². The second-order valence-corrected chi connectivity index (χ2v) is 4.84. The van der Waals surface area contributed by atoms with E-state index in [2.05, 4.69) is 22.3 Å². The summed E-state index contributed by atoms with van der Waals surface area (Å²) in [5.41, 5.74) is 1.12. The van der Waals surface area contributed by atoms with Gasteiger partial charge in [-0.25, -0.2) is 9.50 Å². The molecule has 4 nitrogen and oxygen atoms in total. The minimum absolute atomic E-state index is 0.228. The molecule has 0 bridgehead atoms. The van der Waals surface area contributed by atoms with Gasteiger partial charge in [0.2, 0.25) is 0 Å². The summed E-state index contributed by atoms with van der Waals surface area (Å²) >= 11 is 0. The molecule has 1 fully saturated rings. The summed E-state index contributed by atoms with van der Waals surface area (Å²) in [7, 11) is 0. The van der Waals surface area contributed by atoms with Crippen LogP contribution in [0.1, 0.15) is 32.6 Å². The van der Waals surface area contributed by atoms with Crippen LogP contribution in [0.15, 0.2) is 24.5 Å². The van der Waals surface area contributed by atoms with Crippen molar-refractivity contribution in [3.8, 4) is 0 Å². The Morgan fingerprint density at radius 1 is 1.31 bits per heavy atom. The number of fused-ring (bicyclic) bond motifs is 1. The van der Waals surface area contributed by atoms with Crippen molar-refractivity contribution < 1.29 is 0 Å². The van der Waals surface area contributed by atoms with Gasteiger partial charge in [0.1, 0.15) is 5.82 Å². The van der Waals surface area contributed by atoms with Crippen LogP contribution in [0.5, 0.6) is 0 Å². The minimum atomic E-state index is 0.228. The van der Waals surface area contributed by atoms with Crippen LogP contribution in [-0.2, 0) is 0 Å². The molecular weight excluding hydrogens is 200 g/mol. The maximum Gasteiger partial charge on any atom is 0.157 e. The first kappa shape index (κ1) is 9.63. The zero-order valence-electron chi connectivity index (χ0n) is 9.48. The SMILES string of the molecule is CC1(Nc2ccn3nccc3n2)CCCC1. The number of aromatic nitrogens is 3. The number of nitrogens with one attached hydrogen (secondary N) is 1. The van der Waals surface area contributed by atoms with Crippen LogP contribution in [0.2, 0.25) is 0 Å². The number of rotatable bonds is 2. The van der Waals surface area contributed by atoms with Gasteiger partial charge in [-0.2, -0.15) is 5.10 Å². The molecule has 1 saturated carbocycles. The summed E-state index contributed by atoms with van der Waals surface area (Å²) in [6.45, 7) is 2.28. The molecular formula is C12H16N4. The molecule has 1 N–H and O–H groups in total. The Hall–Kier alpha value is -1.58. The molecule has 0 saturated heterocycles. The van der Waals surface area contributed by atoms with E-state index < -0.39 is 0 Å². The summed E-state index contributed by atoms with van der Waals surface area (Å²) in [5.74, 6) is 0.956. The van der Waals surface area contributed by atoms with Crippen molar-refractivity contribution >= 4 is 11.5 Å². The third-order valence-electron chi connectivity index (χ3n) is 3.39. The first-order chi connectivity index (χ1) is 7.75. The molecule has 0 unspecified atom stereocenters. The van der Waals surface area contributed by atoms with Crippen LogP contribution >= 0.6 is 0 Å². The van der Waals surface area contributed by atoms with Crippen molar-refractivity contribution in [1.29, 1.82) is 0 Å². The van der Waals surface area contributed by atoms with Crippen LogP contribution < -0.4 is 5.32 Å². The normalized spacial score (nSPS) is 19.1. The van der Waals surface area contributed by atoms with Crippen molar-refractivity contribution in [3.05, 3.63) is 24.5 Å². The second-order valence-electron chi connectivity index (χ2n) is 4.84. The Balaban J connectivity index is 1.88. The number of nitrogens with zero attached hydrogens (tertiary/aromatic N) is 3. The molecule has 2 aromatic heterocycles. The van der Waals surface area contributed by atoms with Gasteiger partial charge in [0.15, 0.2) is 5.65 Å². The van der Waals surface area contributed by atoms with Gasteiger partial charge in [-0.3, -0.25) is 0 Å². The Bertz CT molecular complexity index is 496. The summed E-state index contributed by atoms with van der Waals surface area (Å²) in [4.78, 5) is 4.53. The van der Waals surface area contributed by atoms with Crippen LogP contribution in [0.3, 0.4) is 0 Å². The summed E-state index contributed by atoms with van der Waals surface area (Å²) in [5, 5.41) is 7.68. The van der Waals surface area contributed by atoms with E-state index in [1.54, 1.807) is 10.7 Å². The molecule has 16 heavy (non-hydrogen) atoms. The van der Waals surface area contributed by atoms with Crippen molar-refractivity contribution in [1.82, 2.24) is 14.6 Å². The summed E-state index contributed by atoms with van der Waals surface area (Å²) < 4.78 is 1.78. The van der Waals surface area contributed by atoms with E-state index in [9.17, 15) is 0 Å². The lowest BCUT2D eigenvalue weighted by atomic mass is 10.0. The highest BCUT2D eigenvalue weighted by Crippen LogP contribution is 2.31. The fourth-order valence-corrected chi connectivity index (χ4v) is 2.47. The first-order valence-corrected chi connectivity index (χ1v) is 5.84. The highest BCUT2D eigenvalue weighted by Gasteiger charge is 2.28. The van der Waals surface area contributed by atoms with Gasteiger partial charge in [-0.05, 0) is 25.8 Å². The summed E-state index contributed by atoms with van der Waals surface area (Å²) in [6.07, 6.45) is 8.82. The van der Waals surface area contributed by atoms with Crippen LogP contribution in [-0.4, -0.2) is 20.1 Å². The molecule has 0 spiro atoms. The lowest BCUT2D eigenvalue weighted by Gasteiger charge is -2.25. The minimum Gasteiger partial charge on any atom is -0.365 e. The highest BCUT2D eigenvalue weighted by atomic mass is 15.2. The monoisotopic (exact) mass is 216 g/mol. The molecule has 1 aliphatic carbocycles. The molecule has 2 aromatic rings. The zero-order valence-corrected chi connectivity index (χ0v) is 9.48. The number of hydrogen-bond acceptors (Lipinski definition) is 3. The average molecular weight is 216 g/mol. The Morgan fingerprint density at radius 3 is 2.94 bits per heavy atom. The van der Waals surface area contributed by atoms with Gasteiger partial charge >= 0.3 is 0 Å². The Labute approximate surface area is 94.7 Å². The molecule has 1 aliphatic rings. The van der Waals surface area contributed by atoms with Crippen molar-refractivity contribution in [2.24, 2.45) is 0 Å². The predicted octanol–water partition coefficient (Wildman–Crippen LogP) is 2.47. The van der Waals surface area contributed by atoms with E-state index in [0.29, 0.717) is 0 Å². The zero-order chi connectivity index (χ0) is 11.0. The molecule has 2 heterocycles. The van der Waals surface area contributed by atoms with Crippen LogP contribution in [0.4, 0.5) is 5.82 Å². The third kappa shape index (κ3) is 1.64. The fourth-order valence-electron chi connectivity index (χ4n) is 2.47. The Morgan fingerprint density at radius 2 is 2.12 bits per heavy atom. The van der Waals surface area contributed by atoms with Gasteiger partial charge < -0.3 is 5.32 Å². The van der Waals surface area contributed by atoms with Crippen molar-refractivity contribution in [2.45, 2.75) is 38.1 Å². The molecule has 0 amide bonds. The summed E-state index contributed by atoms with van der Waals surface area (Å²) in [6, 6.07) is 3.91. The molecule has 0 radical (unpaired) electrons. The number of anilines is 1. The van der Waals surface area contributed by atoms with E-state index >= 15 is 0 Å². The predicted molar refractivity (Wildman–Crippen MR) is 63.5 cm³/mol. The fraction of sp³-hybridized carbons (Fsp3) is 0.500. The smallest absolute Gasteiger partial charge is 0.157 e. The maximum atomic E-state index is 4.53. The quantitative estimate of drug-likeness (QED) is 0.838. The first-order valence-electron chi connectivity index (χ1n) is 5.84. The van der Waals surface area contributed by atoms with E-state index in [0.717, 1.165) is 11.5 Å². The van der Waals surface area contributed by atoms with Crippen LogP contribution in [0.25, 0.3) is 5.65 Å². The molecule has 3 rings (SSSR count). The topological polar surface area (TPSA) is 42.2 Å². The van der Waals surface area contributed by atoms with Gasteiger partial charge in [-0.15, -0.1) is 0 Å². The third-order valence-corrected chi connectivity index (χ3v) is 3.39. The average Bonchev–Trinajstić information content (AvgIpc) is 2.86. The van der Waals surface area contributed by atoms with E-state index in [4.69, 9.17) is 0 Å². The van der Waals surface area contributed by atoms with Crippen molar-refractivity contribution in [2.75, 3.05) is 5.32 Å². The van der Waals surface area contributed by atoms with Gasteiger partial charge in [-0.1, -0.05) is 12.8 Å². The van der Waals surface area contributed by atoms with Crippen LogP contribution in [0, 0.1) is 0 Å². The van der Waals surface area contributed by atoms with E-state index in [1.165, 1.54) is 25.7 Å². The van der Waals surface area contributed by atoms with E-state index in [1.807, 2.05) is 18.3 Å². The standard InChI is InChI=1S/C12H16N4/c1-12(6-2-3-7-12)15-10-5-9-16-11(14-10)4-8-13-16/h4-5,8-9H,2-3,6-7H2,1H3,(H,14,15). The second kappa shape index (κ2) is 3.47. The molecule has 0 aliphatic heterocycles. The Kier molecular flexibility index (Phi) is 2.09.